The average molecular weight is 681 g/mol. The lowest BCUT2D eigenvalue weighted by atomic mass is 9.33. The molecule has 7 aliphatic rings. The summed E-state index contributed by atoms with van der Waals surface area (Å²) in [5.41, 5.74) is 1.71. The van der Waals surface area contributed by atoms with Crippen molar-refractivity contribution >= 4 is 17.7 Å². The number of fused-ring (bicyclic) bond motifs is 7. The molecule has 274 valence electrons. The molecule has 0 bridgehead atoms. The van der Waals surface area contributed by atoms with Crippen molar-refractivity contribution in [1.82, 2.24) is 9.80 Å². The zero-order valence-corrected chi connectivity index (χ0v) is 32.0. The lowest BCUT2D eigenvalue weighted by Crippen LogP contribution is -2.66. The zero-order chi connectivity index (χ0) is 35.3. The van der Waals surface area contributed by atoms with Crippen LogP contribution in [0.15, 0.2) is 11.1 Å². The molecule has 1 amide bonds. The minimum atomic E-state index is -0.705. The third-order valence-electron chi connectivity index (χ3n) is 16.7. The summed E-state index contributed by atoms with van der Waals surface area (Å²) in [6.45, 7) is 21.4. The molecule has 0 spiro atoms. The van der Waals surface area contributed by atoms with E-state index in [2.05, 4.69) is 58.3 Å². The monoisotopic (exact) mass is 680 g/mol. The van der Waals surface area contributed by atoms with E-state index in [0.29, 0.717) is 31.1 Å². The van der Waals surface area contributed by atoms with Crippen molar-refractivity contribution in [1.29, 1.82) is 0 Å². The number of hydrogen-bond donors (Lipinski definition) is 0. The Morgan fingerprint density at radius 2 is 1.57 bits per heavy atom. The molecule has 0 aromatic heterocycles. The molecule has 0 aromatic rings. The fourth-order valence-electron chi connectivity index (χ4n) is 14.2. The fourth-order valence-corrected chi connectivity index (χ4v) is 14.2. The first-order valence-electron chi connectivity index (χ1n) is 20.1. The van der Waals surface area contributed by atoms with Crippen LogP contribution in [0.25, 0.3) is 0 Å². The molecular weight excluding hydrogens is 615 g/mol. The molecule has 9 atom stereocenters. The van der Waals surface area contributed by atoms with Gasteiger partial charge in [-0.2, -0.15) is 0 Å². The Morgan fingerprint density at radius 1 is 0.857 bits per heavy atom. The lowest BCUT2D eigenvalue weighted by Gasteiger charge is -2.72. The first-order chi connectivity index (χ1) is 23.0. The van der Waals surface area contributed by atoms with Crippen LogP contribution in [0.3, 0.4) is 0 Å². The van der Waals surface area contributed by atoms with Gasteiger partial charge in [0.2, 0.25) is 5.91 Å². The number of Topliss-reactive ketones (excluding diaryl/α,β-unsaturated/α-hetero) is 1. The van der Waals surface area contributed by atoms with E-state index in [9.17, 15) is 14.0 Å². The van der Waals surface area contributed by atoms with Crippen LogP contribution >= 0.6 is 0 Å². The Labute approximate surface area is 295 Å². The lowest BCUT2D eigenvalue weighted by molar-refractivity contribution is -0.232. The first-order valence-corrected chi connectivity index (χ1v) is 20.1. The van der Waals surface area contributed by atoms with Crippen molar-refractivity contribution in [3.63, 3.8) is 0 Å². The quantitative estimate of drug-likeness (QED) is 0.273. The average Bonchev–Trinajstić information content (AvgIpc) is 3.61. The number of alkyl halides is 1. The number of hydrogen-bond acceptors (Lipinski definition) is 5. The van der Waals surface area contributed by atoms with E-state index in [4.69, 9.17) is 4.74 Å². The summed E-state index contributed by atoms with van der Waals surface area (Å²) < 4.78 is 19.9. The van der Waals surface area contributed by atoms with E-state index in [-0.39, 0.29) is 63.3 Å². The number of nitrogens with zero attached hydrogens (tertiary/aromatic N) is 2. The normalized spacial score (nSPS) is 44.0. The number of halogens is 1. The van der Waals surface area contributed by atoms with E-state index in [1.165, 1.54) is 5.57 Å². The van der Waals surface area contributed by atoms with E-state index in [0.717, 1.165) is 96.0 Å². The van der Waals surface area contributed by atoms with Crippen LogP contribution in [0.5, 0.6) is 0 Å². The second kappa shape index (κ2) is 12.2. The largest absolute Gasteiger partial charge is 0.462 e. The predicted molar refractivity (Wildman–Crippen MR) is 190 cm³/mol. The summed E-state index contributed by atoms with van der Waals surface area (Å²) in [5.74, 6) is 1.66. The summed E-state index contributed by atoms with van der Waals surface area (Å²) in [6.07, 6.45) is 11.0. The van der Waals surface area contributed by atoms with Gasteiger partial charge in [0.25, 0.3) is 0 Å². The molecular formula is C42H65FN2O4. The number of carbonyl (C=O) groups is 3. The second-order valence-corrected chi connectivity index (χ2v) is 19.5. The summed E-state index contributed by atoms with van der Waals surface area (Å²) in [7, 11) is 0. The van der Waals surface area contributed by atoms with Crippen molar-refractivity contribution in [2.75, 3.05) is 26.2 Å². The van der Waals surface area contributed by atoms with E-state index in [1.807, 2.05) is 0 Å². The Kier molecular flexibility index (Phi) is 8.84. The third-order valence-corrected chi connectivity index (χ3v) is 16.7. The maximum Gasteiger partial charge on any atom is 0.302 e. The molecule has 0 radical (unpaired) electrons. The van der Waals surface area contributed by atoms with Gasteiger partial charge in [0.1, 0.15) is 12.3 Å². The molecule has 5 aliphatic carbocycles. The van der Waals surface area contributed by atoms with Gasteiger partial charge in [-0.1, -0.05) is 48.5 Å². The smallest absolute Gasteiger partial charge is 0.302 e. The number of carbonyl (C=O) groups excluding carboxylic acids is 3. The van der Waals surface area contributed by atoms with Crippen LogP contribution in [0, 0.1) is 50.7 Å². The molecule has 2 aliphatic heterocycles. The highest BCUT2D eigenvalue weighted by atomic mass is 19.1. The van der Waals surface area contributed by atoms with E-state index >= 15 is 4.79 Å². The number of esters is 1. The van der Waals surface area contributed by atoms with Crippen molar-refractivity contribution in [3.8, 4) is 0 Å². The molecule has 6 fully saturated rings. The van der Waals surface area contributed by atoms with Crippen LogP contribution < -0.4 is 0 Å². The topological polar surface area (TPSA) is 66.9 Å². The van der Waals surface area contributed by atoms with Crippen LogP contribution in [0.4, 0.5) is 4.39 Å². The van der Waals surface area contributed by atoms with Crippen LogP contribution in [-0.4, -0.2) is 72.0 Å². The van der Waals surface area contributed by atoms with Gasteiger partial charge >= 0.3 is 5.97 Å². The van der Waals surface area contributed by atoms with Gasteiger partial charge in [0.15, 0.2) is 5.78 Å². The number of allylic oxidation sites excluding steroid dienone is 1. The molecule has 2 heterocycles. The van der Waals surface area contributed by atoms with Crippen molar-refractivity contribution in [3.05, 3.63) is 11.1 Å². The molecule has 0 aromatic carbocycles. The fraction of sp³-hybridized carbons (Fsp3) is 0.881. The van der Waals surface area contributed by atoms with Crippen molar-refractivity contribution < 1.29 is 23.5 Å². The number of piperidine rings is 1. The summed E-state index contributed by atoms with van der Waals surface area (Å²) in [5, 5.41) is 0. The standard InChI is InChI=1S/C42H65FN2O4/c1-26(2)35-31(47)24-42(37(48)45-21-9-10-29(45)25-44-22-15-28(43)16-23-44)20-19-40(7)30(36(35)42)11-12-33-39(6)17-14-34(49-27(3)46)38(4,5)32(39)13-18-41(33,40)8/h26,28-30,32-34H,9-25H2,1-8H3/t29-,30+,32?,33?,34-,39-,40+,41+,42+/m0/s1. The summed E-state index contributed by atoms with van der Waals surface area (Å²) in [6, 6.07) is 0.153. The Balaban J connectivity index is 1.21. The molecule has 6 nitrogen and oxygen atoms in total. The summed E-state index contributed by atoms with van der Waals surface area (Å²) in [4.78, 5) is 46.0. The minimum absolute atomic E-state index is 0.00572. The van der Waals surface area contributed by atoms with Crippen LogP contribution in [0.2, 0.25) is 0 Å². The van der Waals surface area contributed by atoms with Crippen LogP contribution in [-0.2, 0) is 19.1 Å². The minimum Gasteiger partial charge on any atom is -0.462 e. The number of likely N-dealkylation sites (tertiary alicyclic amines) is 2. The number of rotatable bonds is 5. The van der Waals surface area contributed by atoms with Crippen molar-refractivity contribution in [2.45, 2.75) is 157 Å². The molecule has 7 rings (SSSR count). The molecule has 49 heavy (non-hydrogen) atoms. The number of ether oxygens (including phenoxy) is 1. The Hall–Kier alpha value is -1.76. The zero-order valence-electron chi connectivity index (χ0n) is 32.0. The molecule has 7 heteroatoms. The highest BCUT2D eigenvalue weighted by Crippen LogP contribution is 2.77. The van der Waals surface area contributed by atoms with Gasteiger partial charge in [-0.15, -0.1) is 0 Å². The molecule has 2 saturated heterocycles. The first kappa shape index (κ1) is 35.6. The van der Waals surface area contributed by atoms with Gasteiger partial charge in [-0.05, 0) is 128 Å². The summed E-state index contributed by atoms with van der Waals surface area (Å²) >= 11 is 0. The Morgan fingerprint density at radius 3 is 2.24 bits per heavy atom. The highest BCUT2D eigenvalue weighted by Gasteiger charge is 2.71. The van der Waals surface area contributed by atoms with Gasteiger partial charge in [0.05, 0.1) is 5.41 Å². The Bertz CT molecular complexity index is 1400. The van der Waals surface area contributed by atoms with Crippen molar-refractivity contribution in [2.24, 2.45) is 50.7 Å². The number of ketones is 1. The SMILES string of the molecule is CC(=O)O[C@H]1CC[C@@]2(C)C(CC[C@]3(C)C2CC[C@@H]2C4=C(C(C)C)C(=O)C[C@]4(C(=O)N4CCC[C@H]4CN4CCC(F)CC4)CC[C@]23C)C1(C)C. The number of amides is 1. The van der Waals surface area contributed by atoms with Crippen LogP contribution in [0.1, 0.15) is 139 Å². The highest BCUT2D eigenvalue weighted by molar-refractivity contribution is 6.07. The maximum atomic E-state index is 15.2. The van der Waals surface area contributed by atoms with Gasteiger partial charge in [-0.25, -0.2) is 4.39 Å². The van der Waals surface area contributed by atoms with E-state index in [1.54, 1.807) is 6.92 Å². The van der Waals surface area contributed by atoms with E-state index < -0.39 is 11.6 Å². The second-order valence-electron chi connectivity index (χ2n) is 19.5. The predicted octanol–water partition coefficient (Wildman–Crippen LogP) is 8.32. The molecule has 0 N–H and O–H groups in total. The van der Waals surface area contributed by atoms with Gasteiger partial charge < -0.3 is 14.5 Å². The maximum absolute atomic E-state index is 15.2. The van der Waals surface area contributed by atoms with Gasteiger partial charge in [0, 0.05) is 51.0 Å². The third kappa shape index (κ3) is 5.18. The molecule has 4 saturated carbocycles. The molecule has 2 unspecified atom stereocenters. The van der Waals surface area contributed by atoms with Gasteiger partial charge in [-0.3, -0.25) is 14.4 Å².